The molecule has 7 nitrogen and oxygen atoms in total. The number of aromatic carboxylic acids is 1. The second-order valence-corrected chi connectivity index (χ2v) is 4.90. The highest BCUT2D eigenvalue weighted by Gasteiger charge is 2.17. The monoisotopic (exact) mass is 299 g/mol. The van der Waals surface area contributed by atoms with E-state index in [1.165, 1.54) is 15.2 Å². The molecule has 0 atom stereocenters. The van der Waals surface area contributed by atoms with Crippen molar-refractivity contribution >= 4 is 5.97 Å². The van der Waals surface area contributed by atoms with Crippen molar-refractivity contribution in [2.75, 3.05) is 0 Å². The van der Waals surface area contributed by atoms with E-state index in [2.05, 4.69) is 5.16 Å². The zero-order valence-corrected chi connectivity index (χ0v) is 12.0. The number of imidazole rings is 1. The number of rotatable bonds is 3. The first kappa shape index (κ1) is 13.9. The third kappa shape index (κ3) is 2.12. The van der Waals surface area contributed by atoms with E-state index in [1.54, 1.807) is 37.5 Å². The van der Waals surface area contributed by atoms with E-state index in [0.29, 0.717) is 17.0 Å². The van der Waals surface area contributed by atoms with Gasteiger partial charge < -0.3 is 14.2 Å². The fraction of sp³-hybridized carbons (Fsp3) is 0.133. The van der Waals surface area contributed by atoms with E-state index in [4.69, 9.17) is 9.63 Å². The van der Waals surface area contributed by atoms with E-state index < -0.39 is 5.97 Å². The van der Waals surface area contributed by atoms with Crippen LogP contribution in [0.4, 0.5) is 0 Å². The average molecular weight is 299 g/mol. The molecule has 0 aliphatic carbocycles. The Hall–Kier alpha value is -3.09. The SMILES string of the molecule is Cc1cn(C)c(=O)n1-c1ccccc1-c1cc(C(=O)O)no1. The number of aryl methyl sites for hydroxylation is 2. The Balaban J connectivity index is 2.22. The van der Waals surface area contributed by atoms with Crippen molar-refractivity contribution in [1.29, 1.82) is 0 Å². The van der Waals surface area contributed by atoms with Crippen LogP contribution in [0, 0.1) is 6.92 Å². The average Bonchev–Trinajstić information content (AvgIpc) is 3.06. The Kier molecular flexibility index (Phi) is 3.17. The summed E-state index contributed by atoms with van der Waals surface area (Å²) in [4.78, 5) is 23.2. The molecule has 112 valence electrons. The summed E-state index contributed by atoms with van der Waals surface area (Å²) >= 11 is 0. The van der Waals surface area contributed by atoms with E-state index >= 15 is 0 Å². The summed E-state index contributed by atoms with van der Waals surface area (Å²) in [5.41, 5.74) is 1.60. The van der Waals surface area contributed by atoms with Crippen LogP contribution in [-0.2, 0) is 7.05 Å². The number of carboxylic acids is 1. The molecule has 0 saturated carbocycles. The Morgan fingerprint density at radius 3 is 2.64 bits per heavy atom. The predicted octanol–water partition coefficient (Wildman–Crippen LogP) is 1.84. The lowest BCUT2D eigenvalue weighted by molar-refractivity contribution is 0.0686. The topological polar surface area (TPSA) is 90.3 Å². The van der Waals surface area contributed by atoms with Gasteiger partial charge in [-0.2, -0.15) is 0 Å². The zero-order valence-electron chi connectivity index (χ0n) is 12.0. The fourth-order valence-electron chi connectivity index (χ4n) is 2.37. The van der Waals surface area contributed by atoms with Crippen LogP contribution in [0.15, 0.2) is 45.8 Å². The quantitative estimate of drug-likeness (QED) is 0.797. The minimum atomic E-state index is -1.17. The van der Waals surface area contributed by atoms with E-state index in [1.807, 2.05) is 6.92 Å². The molecule has 0 aliphatic heterocycles. The first-order valence-corrected chi connectivity index (χ1v) is 6.54. The first-order valence-electron chi connectivity index (χ1n) is 6.54. The maximum Gasteiger partial charge on any atom is 0.358 e. The number of nitrogens with zero attached hydrogens (tertiary/aromatic N) is 3. The van der Waals surface area contributed by atoms with Crippen LogP contribution >= 0.6 is 0 Å². The van der Waals surface area contributed by atoms with Crippen LogP contribution in [0.1, 0.15) is 16.2 Å². The van der Waals surface area contributed by atoms with Crippen LogP contribution in [0.25, 0.3) is 17.0 Å². The van der Waals surface area contributed by atoms with Crippen molar-refractivity contribution < 1.29 is 14.4 Å². The number of carbonyl (C=O) groups is 1. The molecule has 1 aromatic carbocycles. The van der Waals surface area contributed by atoms with Gasteiger partial charge >= 0.3 is 11.7 Å². The lowest BCUT2D eigenvalue weighted by Crippen LogP contribution is -2.21. The molecule has 0 fully saturated rings. The smallest absolute Gasteiger partial charge is 0.358 e. The van der Waals surface area contributed by atoms with Gasteiger partial charge in [0, 0.05) is 30.6 Å². The molecule has 0 radical (unpaired) electrons. The van der Waals surface area contributed by atoms with Gasteiger partial charge in [0.25, 0.3) is 0 Å². The molecule has 0 unspecified atom stereocenters. The molecule has 1 N–H and O–H groups in total. The number of aromatic nitrogens is 3. The summed E-state index contributed by atoms with van der Waals surface area (Å²) in [5, 5.41) is 12.5. The highest BCUT2D eigenvalue weighted by Crippen LogP contribution is 2.27. The largest absolute Gasteiger partial charge is 0.476 e. The molecule has 0 saturated heterocycles. The summed E-state index contributed by atoms with van der Waals surface area (Å²) in [7, 11) is 1.67. The van der Waals surface area contributed by atoms with Gasteiger partial charge in [0.15, 0.2) is 11.5 Å². The van der Waals surface area contributed by atoms with Crippen LogP contribution in [0.2, 0.25) is 0 Å². The Morgan fingerprint density at radius 2 is 2.05 bits per heavy atom. The minimum Gasteiger partial charge on any atom is -0.476 e. The van der Waals surface area contributed by atoms with E-state index in [0.717, 1.165) is 5.69 Å². The van der Waals surface area contributed by atoms with Gasteiger partial charge in [-0.1, -0.05) is 17.3 Å². The molecule has 2 heterocycles. The number of para-hydroxylation sites is 1. The van der Waals surface area contributed by atoms with Crippen molar-refractivity contribution in [3.05, 3.63) is 58.4 Å². The number of benzene rings is 1. The molecular weight excluding hydrogens is 286 g/mol. The highest BCUT2D eigenvalue weighted by molar-refractivity contribution is 5.87. The summed E-state index contributed by atoms with van der Waals surface area (Å²) in [6.45, 7) is 1.82. The van der Waals surface area contributed by atoms with Gasteiger partial charge in [0.1, 0.15) is 0 Å². The number of carboxylic acid groups (broad SMARTS) is 1. The fourth-order valence-corrected chi connectivity index (χ4v) is 2.37. The molecule has 22 heavy (non-hydrogen) atoms. The lowest BCUT2D eigenvalue weighted by Gasteiger charge is -2.08. The summed E-state index contributed by atoms with van der Waals surface area (Å²) in [6.07, 6.45) is 1.72. The molecule has 3 rings (SSSR count). The maximum atomic E-state index is 12.3. The summed E-state index contributed by atoms with van der Waals surface area (Å²) in [6, 6.07) is 8.44. The van der Waals surface area contributed by atoms with E-state index in [-0.39, 0.29) is 11.4 Å². The number of hydrogen-bond donors (Lipinski definition) is 1. The van der Waals surface area contributed by atoms with Crippen LogP contribution in [0.5, 0.6) is 0 Å². The predicted molar refractivity (Wildman–Crippen MR) is 78.2 cm³/mol. The number of hydrogen-bond acceptors (Lipinski definition) is 4. The van der Waals surface area contributed by atoms with Gasteiger partial charge in [-0.05, 0) is 19.1 Å². The van der Waals surface area contributed by atoms with Crippen molar-refractivity contribution in [2.45, 2.75) is 6.92 Å². The van der Waals surface area contributed by atoms with Crippen LogP contribution < -0.4 is 5.69 Å². The summed E-state index contributed by atoms with van der Waals surface area (Å²) < 4.78 is 8.13. The summed E-state index contributed by atoms with van der Waals surface area (Å²) in [5.74, 6) is -0.872. The standard InChI is InChI=1S/C15H13N3O4/c1-9-8-17(2)15(21)18(9)12-6-4-3-5-10(12)13-7-11(14(19)20)16-22-13/h3-8H,1-2H3,(H,19,20). The van der Waals surface area contributed by atoms with Crippen LogP contribution in [0.3, 0.4) is 0 Å². The molecule has 0 spiro atoms. The normalized spacial score (nSPS) is 10.8. The highest BCUT2D eigenvalue weighted by atomic mass is 16.5. The van der Waals surface area contributed by atoms with Gasteiger partial charge in [0.2, 0.25) is 0 Å². The molecule has 0 aliphatic rings. The first-order chi connectivity index (χ1) is 10.5. The second kappa shape index (κ2) is 5.03. The minimum absolute atomic E-state index is 0.179. The molecule has 3 aromatic rings. The Labute approximate surface area is 125 Å². The van der Waals surface area contributed by atoms with Gasteiger partial charge in [0.05, 0.1) is 5.69 Å². The zero-order chi connectivity index (χ0) is 15.9. The third-order valence-corrected chi connectivity index (χ3v) is 3.37. The lowest BCUT2D eigenvalue weighted by atomic mass is 10.1. The van der Waals surface area contributed by atoms with Gasteiger partial charge in [-0.25, -0.2) is 9.59 Å². The van der Waals surface area contributed by atoms with Crippen LogP contribution in [-0.4, -0.2) is 25.4 Å². The van der Waals surface area contributed by atoms with Crippen molar-refractivity contribution in [3.8, 4) is 17.0 Å². The van der Waals surface area contributed by atoms with Crippen molar-refractivity contribution in [3.63, 3.8) is 0 Å². The molecule has 0 bridgehead atoms. The third-order valence-electron chi connectivity index (χ3n) is 3.37. The Morgan fingerprint density at radius 1 is 1.32 bits per heavy atom. The molecule has 0 amide bonds. The van der Waals surface area contributed by atoms with Gasteiger partial charge in [-0.15, -0.1) is 0 Å². The van der Waals surface area contributed by atoms with E-state index in [9.17, 15) is 9.59 Å². The second-order valence-electron chi connectivity index (χ2n) is 4.90. The van der Waals surface area contributed by atoms with Crippen molar-refractivity contribution in [2.24, 2.45) is 7.05 Å². The van der Waals surface area contributed by atoms with Gasteiger partial charge in [-0.3, -0.25) is 4.57 Å². The van der Waals surface area contributed by atoms with Crippen molar-refractivity contribution in [1.82, 2.24) is 14.3 Å². The maximum absolute atomic E-state index is 12.3. The molecule has 2 aromatic heterocycles. The Bertz CT molecular complexity index is 917. The molecule has 7 heteroatoms. The molecular formula is C15H13N3O4.